The van der Waals surface area contributed by atoms with Gasteiger partial charge in [-0.2, -0.15) is 5.26 Å². The highest BCUT2D eigenvalue weighted by Gasteiger charge is 2.14. The van der Waals surface area contributed by atoms with Crippen LogP contribution in [-0.2, 0) is 0 Å². The Morgan fingerprint density at radius 1 is 0.929 bits per heavy atom. The number of anilines is 2. The monoisotopic (exact) mass is 370 g/mol. The highest BCUT2D eigenvalue weighted by Crippen LogP contribution is 2.17. The third kappa shape index (κ3) is 4.22. The van der Waals surface area contributed by atoms with Gasteiger partial charge in [0.1, 0.15) is 11.8 Å². The Hall–Kier alpha value is -3.98. The predicted octanol–water partition coefficient (Wildman–Crippen LogP) is 4.07. The summed E-state index contributed by atoms with van der Waals surface area (Å²) in [6, 6.07) is 17.3. The molecule has 0 saturated carbocycles. The first-order chi connectivity index (χ1) is 13.5. The molecule has 1 heterocycles. The average molecular weight is 370 g/mol. The number of aryl methyl sites for hydroxylation is 2. The number of rotatable bonds is 4. The van der Waals surface area contributed by atoms with E-state index in [1.54, 1.807) is 24.3 Å². The van der Waals surface area contributed by atoms with E-state index in [-0.39, 0.29) is 11.3 Å². The van der Waals surface area contributed by atoms with Gasteiger partial charge in [-0.05, 0) is 61.4 Å². The van der Waals surface area contributed by atoms with Gasteiger partial charge in [0.05, 0.1) is 11.3 Å². The molecule has 138 valence electrons. The van der Waals surface area contributed by atoms with Crippen molar-refractivity contribution < 1.29 is 9.59 Å². The standard InChI is InChI=1S/C22H18N4O2/c1-14-7-8-18(11-15(14)2)25-22(28)20-12-16(9-10-24-20)21(27)26-19-6-4-3-5-17(19)13-23/h3-12H,1-2H3,(H,25,28)(H,26,27). The molecule has 0 aliphatic carbocycles. The Labute approximate surface area is 162 Å². The number of amides is 2. The maximum atomic E-state index is 12.5. The van der Waals surface area contributed by atoms with E-state index in [0.29, 0.717) is 16.9 Å². The van der Waals surface area contributed by atoms with Crippen molar-refractivity contribution in [2.75, 3.05) is 10.6 Å². The van der Waals surface area contributed by atoms with Crippen LogP contribution < -0.4 is 10.6 Å². The summed E-state index contributed by atoms with van der Waals surface area (Å²) in [4.78, 5) is 29.1. The summed E-state index contributed by atoms with van der Waals surface area (Å²) in [6.45, 7) is 3.96. The minimum atomic E-state index is -0.426. The lowest BCUT2D eigenvalue weighted by atomic mass is 10.1. The Morgan fingerprint density at radius 2 is 1.71 bits per heavy atom. The van der Waals surface area contributed by atoms with Crippen LogP contribution in [0.1, 0.15) is 37.5 Å². The molecule has 28 heavy (non-hydrogen) atoms. The molecule has 2 aromatic carbocycles. The van der Waals surface area contributed by atoms with Gasteiger partial charge in [-0.3, -0.25) is 14.6 Å². The van der Waals surface area contributed by atoms with Crippen LogP contribution in [0.15, 0.2) is 60.8 Å². The molecule has 6 nitrogen and oxygen atoms in total. The van der Waals surface area contributed by atoms with Crippen LogP contribution in [0.25, 0.3) is 0 Å². The molecule has 0 fully saturated rings. The second-order valence-corrected chi connectivity index (χ2v) is 6.29. The van der Waals surface area contributed by atoms with Gasteiger partial charge in [0.15, 0.2) is 0 Å². The number of pyridine rings is 1. The van der Waals surface area contributed by atoms with Gasteiger partial charge in [0, 0.05) is 17.4 Å². The van der Waals surface area contributed by atoms with Gasteiger partial charge >= 0.3 is 0 Å². The van der Waals surface area contributed by atoms with Gasteiger partial charge in [-0.15, -0.1) is 0 Å². The largest absolute Gasteiger partial charge is 0.321 e. The average Bonchev–Trinajstić information content (AvgIpc) is 2.71. The Balaban J connectivity index is 1.77. The third-order valence-corrected chi connectivity index (χ3v) is 4.32. The van der Waals surface area contributed by atoms with Crippen LogP contribution in [-0.4, -0.2) is 16.8 Å². The number of hydrogen-bond donors (Lipinski definition) is 2. The molecule has 3 aromatic rings. The van der Waals surface area contributed by atoms with Crippen molar-refractivity contribution in [1.29, 1.82) is 5.26 Å². The first-order valence-electron chi connectivity index (χ1n) is 8.63. The van der Waals surface area contributed by atoms with Gasteiger partial charge < -0.3 is 10.6 Å². The second kappa shape index (κ2) is 8.14. The summed E-state index contributed by atoms with van der Waals surface area (Å²) >= 11 is 0. The number of nitrogens with one attached hydrogen (secondary N) is 2. The number of nitriles is 1. The molecule has 2 amide bonds. The molecule has 0 spiro atoms. The lowest BCUT2D eigenvalue weighted by Gasteiger charge is -2.09. The fraction of sp³-hybridized carbons (Fsp3) is 0.0909. The smallest absolute Gasteiger partial charge is 0.274 e. The minimum absolute atomic E-state index is 0.124. The number of carbonyl (C=O) groups is 2. The quantitative estimate of drug-likeness (QED) is 0.723. The van der Waals surface area contributed by atoms with Crippen LogP contribution >= 0.6 is 0 Å². The third-order valence-electron chi connectivity index (χ3n) is 4.32. The normalized spacial score (nSPS) is 10.0. The molecule has 1 aromatic heterocycles. The van der Waals surface area contributed by atoms with Crippen molar-refractivity contribution in [3.8, 4) is 6.07 Å². The van der Waals surface area contributed by atoms with Crippen molar-refractivity contribution in [2.24, 2.45) is 0 Å². The molecule has 0 bridgehead atoms. The van der Waals surface area contributed by atoms with E-state index in [0.717, 1.165) is 11.1 Å². The summed E-state index contributed by atoms with van der Waals surface area (Å²) < 4.78 is 0. The molecule has 0 saturated heterocycles. The molecule has 0 aliphatic rings. The summed E-state index contributed by atoms with van der Waals surface area (Å²) in [5.74, 6) is -0.833. The maximum Gasteiger partial charge on any atom is 0.274 e. The number of aromatic nitrogens is 1. The highest BCUT2D eigenvalue weighted by atomic mass is 16.2. The SMILES string of the molecule is Cc1ccc(NC(=O)c2cc(C(=O)Nc3ccccc3C#N)ccn2)cc1C. The van der Waals surface area contributed by atoms with Crippen molar-refractivity contribution >= 4 is 23.2 Å². The summed E-state index contributed by atoms with van der Waals surface area (Å²) in [5, 5.41) is 14.6. The van der Waals surface area contributed by atoms with Crippen LogP contribution in [0.3, 0.4) is 0 Å². The van der Waals surface area contributed by atoms with Crippen molar-refractivity contribution in [1.82, 2.24) is 4.98 Å². The Kier molecular flexibility index (Phi) is 5.47. The number of carbonyl (C=O) groups excluding carboxylic acids is 2. The van der Waals surface area contributed by atoms with E-state index in [1.165, 1.54) is 18.3 Å². The molecule has 2 N–H and O–H groups in total. The second-order valence-electron chi connectivity index (χ2n) is 6.29. The van der Waals surface area contributed by atoms with Crippen LogP contribution in [0.2, 0.25) is 0 Å². The van der Waals surface area contributed by atoms with E-state index < -0.39 is 11.8 Å². The predicted molar refractivity (Wildman–Crippen MR) is 107 cm³/mol. The number of benzene rings is 2. The van der Waals surface area contributed by atoms with Crippen LogP contribution in [0, 0.1) is 25.2 Å². The zero-order valence-corrected chi connectivity index (χ0v) is 15.5. The molecular formula is C22H18N4O2. The van der Waals surface area contributed by atoms with Crippen molar-refractivity contribution in [3.05, 3.63) is 88.7 Å². The van der Waals surface area contributed by atoms with Crippen LogP contribution in [0.4, 0.5) is 11.4 Å². The lowest BCUT2D eigenvalue weighted by Crippen LogP contribution is -2.17. The first kappa shape index (κ1) is 18.8. The van der Waals surface area contributed by atoms with Crippen molar-refractivity contribution in [3.63, 3.8) is 0 Å². The lowest BCUT2D eigenvalue weighted by molar-refractivity contribution is 0.102. The minimum Gasteiger partial charge on any atom is -0.321 e. The van der Waals surface area contributed by atoms with Crippen LogP contribution in [0.5, 0.6) is 0 Å². The molecule has 0 atom stereocenters. The first-order valence-corrected chi connectivity index (χ1v) is 8.63. The maximum absolute atomic E-state index is 12.5. The molecular weight excluding hydrogens is 352 g/mol. The van der Waals surface area contributed by atoms with Gasteiger partial charge in [-0.1, -0.05) is 18.2 Å². The molecule has 0 unspecified atom stereocenters. The van der Waals surface area contributed by atoms with E-state index in [2.05, 4.69) is 15.6 Å². The fourth-order valence-electron chi connectivity index (χ4n) is 2.59. The number of hydrogen-bond acceptors (Lipinski definition) is 4. The molecule has 6 heteroatoms. The summed E-state index contributed by atoms with van der Waals surface area (Å²) in [6.07, 6.45) is 1.40. The topological polar surface area (TPSA) is 94.9 Å². The van der Waals surface area contributed by atoms with E-state index in [1.807, 2.05) is 38.1 Å². The Bertz CT molecular complexity index is 1100. The summed E-state index contributed by atoms with van der Waals surface area (Å²) in [7, 11) is 0. The highest BCUT2D eigenvalue weighted by molar-refractivity contribution is 6.08. The van der Waals surface area contributed by atoms with E-state index >= 15 is 0 Å². The molecule has 3 rings (SSSR count). The fourth-order valence-corrected chi connectivity index (χ4v) is 2.59. The van der Waals surface area contributed by atoms with Gasteiger partial charge in [0.2, 0.25) is 0 Å². The zero-order valence-electron chi connectivity index (χ0n) is 15.5. The number of para-hydroxylation sites is 1. The van der Waals surface area contributed by atoms with Gasteiger partial charge in [-0.25, -0.2) is 0 Å². The zero-order chi connectivity index (χ0) is 20.1. The van der Waals surface area contributed by atoms with E-state index in [4.69, 9.17) is 5.26 Å². The van der Waals surface area contributed by atoms with E-state index in [9.17, 15) is 9.59 Å². The van der Waals surface area contributed by atoms with Gasteiger partial charge in [0.25, 0.3) is 11.8 Å². The molecule has 0 aliphatic heterocycles. The Morgan fingerprint density at radius 3 is 2.46 bits per heavy atom. The van der Waals surface area contributed by atoms with Crippen molar-refractivity contribution in [2.45, 2.75) is 13.8 Å². The molecule has 0 radical (unpaired) electrons. The summed E-state index contributed by atoms with van der Waals surface area (Å²) in [5.41, 5.74) is 4.02. The number of nitrogens with zero attached hydrogens (tertiary/aromatic N) is 2.